The summed E-state index contributed by atoms with van der Waals surface area (Å²) in [6.45, 7) is 1.44. The number of carboxylic acid groups (broad SMARTS) is 1. The maximum atomic E-state index is 11.0. The second kappa shape index (κ2) is 7.62. The van der Waals surface area contributed by atoms with E-state index in [0.29, 0.717) is 28.5 Å². The number of para-hydroxylation sites is 2. The molecule has 136 valence electrons. The van der Waals surface area contributed by atoms with Crippen molar-refractivity contribution in [1.29, 1.82) is 5.26 Å². The molecule has 0 bridgehead atoms. The number of nitriles is 1. The zero-order valence-corrected chi connectivity index (χ0v) is 14.8. The summed E-state index contributed by atoms with van der Waals surface area (Å²) >= 11 is 0. The van der Waals surface area contributed by atoms with Crippen LogP contribution < -0.4 is 9.47 Å². The predicted octanol–water partition coefficient (Wildman–Crippen LogP) is 3.49. The van der Waals surface area contributed by atoms with E-state index in [1.165, 1.54) is 14.0 Å². The van der Waals surface area contributed by atoms with Gasteiger partial charge in [0.25, 0.3) is 0 Å². The summed E-state index contributed by atoms with van der Waals surface area (Å²) in [5.41, 5.74) is 2.68. The summed E-state index contributed by atoms with van der Waals surface area (Å²) in [6.07, 6.45) is 0.662. The summed E-state index contributed by atoms with van der Waals surface area (Å²) < 4.78 is 10.7. The number of methoxy groups -OCH3 is 1. The lowest BCUT2D eigenvalue weighted by atomic mass is 10.1. The van der Waals surface area contributed by atoms with Crippen molar-refractivity contribution in [3.63, 3.8) is 0 Å². The number of allylic oxidation sites excluding steroid dienone is 1. The van der Waals surface area contributed by atoms with Gasteiger partial charge >= 0.3 is 5.97 Å². The minimum Gasteiger partial charge on any atom is -0.493 e. The lowest BCUT2D eigenvalue weighted by Crippen LogP contribution is -2.23. The molecule has 0 amide bonds. The molecular weight excluding hydrogens is 346 g/mol. The van der Waals surface area contributed by atoms with Gasteiger partial charge in [-0.1, -0.05) is 18.2 Å². The first kappa shape index (κ1) is 18.0. The molecule has 0 radical (unpaired) electrons. The summed E-state index contributed by atoms with van der Waals surface area (Å²) in [5, 5.41) is 18.5. The van der Waals surface area contributed by atoms with Crippen molar-refractivity contribution >= 4 is 28.7 Å². The fourth-order valence-corrected chi connectivity index (χ4v) is 2.51. The van der Waals surface area contributed by atoms with Crippen LogP contribution in [0.3, 0.4) is 0 Å². The number of H-pyrrole nitrogens is 1. The molecule has 2 aromatic carbocycles. The van der Waals surface area contributed by atoms with E-state index in [0.717, 1.165) is 11.0 Å². The van der Waals surface area contributed by atoms with Crippen molar-refractivity contribution in [3.05, 3.63) is 53.9 Å². The molecule has 0 saturated heterocycles. The van der Waals surface area contributed by atoms with Crippen LogP contribution in [0, 0.1) is 11.3 Å². The molecule has 0 unspecified atom stereocenters. The molecule has 27 heavy (non-hydrogen) atoms. The van der Waals surface area contributed by atoms with E-state index in [4.69, 9.17) is 14.6 Å². The number of rotatable bonds is 6. The van der Waals surface area contributed by atoms with Crippen molar-refractivity contribution < 1.29 is 19.4 Å². The lowest BCUT2D eigenvalue weighted by molar-refractivity contribution is -0.144. The third kappa shape index (κ3) is 3.90. The highest BCUT2D eigenvalue weighted by molar-refractivity contribution is 5.90. The number of carboxylic acids is 1. The van der Waals surface area contributed by atoms with E-state index < -0.39 is 12.1 Å². The zero-order chi connectivity index (χ0) is 19.4. The molecule has 1 atom stereocenters. The zero-order valence-electron chi connectivity index (χ0n) is 14.8. The Bertz CT molecular complexity index is 1030. The number of fused-ring (bicyclic) bond motifs is 1. The van der Waals surface area contributed by atoms with Gasteiger partial charge in [-0.15, -0.1) is 0 Å². The normalized spacial score (nSPS) is 12.4. The van der Waals surface area contributed by atoms with Gasteiger partial charge in [-0.3, -0.25) is 0 Å². The highest BCUT2D eigenvalue weighted by Crippen LogP contribution is 2.30. The Morgan fingerprint density at radius 3 is 2.74 bits per heavy atom. The van der Waals surface area contributed by atoms with Gasteiger partial charge in [0.1, 0.15) is 11.9 Å². The second-order valence-electron chi connectivity index (χ2n) is 5.78. The van der Waals surface area contributed by atoms with Crippen LogP contribution in [0.5, 0.6) is 11.5 Å². The van der Waals surface area contributed by atoms with Crippen LogP contribution in [0.2, 0.25) is 0 Å². The van der Waals surface area contributed by atoms with Gasteiger partial charge in [-0.25, -0.2) is 9.78 Å². The van der Waals surface area contributed by atoms with E-state index in [-0.39, 0.29) is 0 Å². The first-order valence-electron chi connectivity index (χ1n) is 8.16. The van der Waals surface area contributed by atoms with Crippen LogP contribution in [-0.4, -0.2) is 34.3 Å². The molecule has 3 aromatic rings. The number of aromatic nitrogens is 2. The monoisotopic (exact) mass is 363 g/mol. The minimum absolute atomic E-state index is 0.312. The molecule has 0 aliphatic rings. The maximum Gasteiger partial charge on any atom is 0.344 e. The van der Waals surface area contributed by atoms with Gasteiger partial charge in [0.05, 0.1) is 23.7 Å². The summed E-state index contributed by atoms with van der Waals surface area (Å²) in [4.78, 5) is 18.5. The van der Waals surface area contributed by atoms with Gasteiger partial charge < -0.3 is 19.6 Å². The third-order valence-electron chi connectivity index (χ3n) is 3.92. The Hall–Kier alpha value is -3.79. The Labute approximate surface area is 155 Å². The average molecular weight is 363 g/mol. The fourth-order valence-electron chi connectivity index (χ4n) is 2.51. The van der Waals surface area contributed by atoms with Crippen molar-refractivity contribution in [2.75, 3.05) is 7.11 Å². The molecule has 7 nitrogen and oxygen atoms in total. The number of imidazole rings is 1. The number of benzene rings is 2. The quantitative estimate of drug-likeness (QED) is 0.649. The Morgan fingerprint density at radius 1 is 1.30 bits per heavy atom. The minimum atomic E-state index is -1.07. The number of hydrogen-bond donors (Lipinski definition) is 2. The number of aromatic amines is 1. The van der Waals surface area contributed by atoms with Crippen molar-refractivity contribution in [2.45, 2.75) is 13.0 Å². The number of carbonyl (C=O) groups is 1. The highest BCUT2D eigenvalue weighted by atomic mass is 16.5. The number of nitrogens with one attached hydrogen (secondary N) is 1. The number of ether oxygens (including phenoxy) is 2. The van der Waals surface area contributed by atoms with E-state index in [9.17, 15) is 10.1 Å². The topological polar surface area (TPSA) is 108 Å². The van der Waals surface area contributed by atoms with Gasteiger partial charge in [-0.05, 0) is 42.8 Å². The maximum absolute atomic E-state index is 11.0. The molecule has 1 heterocycles. The first-order chi connectivity index (χ1) is 13.0. The molecule has 0 fully saturated rings. The highest BCUT2D eigenvalue weighted by Gasteiger charge is 2.16. The van der Waals surface area contributed by atoms with Crippen molar-refractivity contribution in [1.82, 2.24) is 9.97 Å². The molecule has 7 heteroatoms. The Morgan fingerprint density at radius 2 is 2.07 bits per heavy atom. The van der Waals surface area contributed by atoms with Crippen molar-refractivity contribution in [2.24, 2.45) is 0 Å². The Kier molecular flexibility index (Phi) is 5.08. The molecular formula is C20H17N3O4. The molecule has 0 spiro atoms. The number of hydrogen-bond acceptors (Lipinski definition) is 5. The van der Waals surface area contributed by atoms with Crippen LogP contribution in [-0.2, 0) is 4.79 Å². The third-order valence-corrected chi connectivity index (χ3v) is 3.92. The summed E-state index contributed by atoms with van der Waals surface area (Å²) in [5.74, 6) is 0.0840. The van der Waals surface area contributed by atoms with Crippen LogP contribution in [0.1, 0.15) is 18.3 Å². The smallest absolute Gasteiger partial charge is 0.344 e. The molecule has 2 N–H and O–H groups in total. The molecule has 1 aromatic heterocycles. The molecule has 3 rings (SSSR count). The van der Waals surface area contributed by atoms with Crippen LogP contribution in [0.25, 0.3) is 22.7 Å². The van der Waals surface area contributed by atoms with E-state index in [2.05, 4.69) is 16.0 Å². The first-order valence-corrected chi connectivity index (χ1v) is 8.16. The Balaban J connectivity index is 1.94. The predicted molar refractivity (Wildman–Crippen MR) is 100 cm³/mol. The van der Waals surface area contributed by atoms with Gasteiger partial charge in [0.15, 0.2) is 17.6 Å². The second-order valence-corrected chi connectivity index (χ2v) is 5.78. The van der Waals surface area contributed by atoms with Gasteiger partial charge in [0.2, 0.25) is 0 Å². The van der Waals surface area contributed by atoms with E-state index in [1.54, 1.807) is 24.3 Å². The molecule has 0 saturated carbocycles. The standard InChI is InChI=1S/C20H17N3O4/c1-12(20(24)25)27-17-8-7-13(10-18(17)26-2)9-14(11-21)19-22-15-5-3-4-6-16(15)23-19/h3-10,12H,1-2H3,(H,22,23)(H,24,25)/b14-9-/t12-/m0/s1. The van der Waals surface area contributed by atoms with Crippen LogP contribution >= 0.6 is 0 Å². The van der Waals surface area contributed by atoms with Crippen LogP contribution in [0.4, 0.5) is 0 Å². The van der Waals surface area contributed by atoms with Gasteiger partial charge in [0, 0.05) is 0 Å². The summed E-state index contributed by atoms with van der Waals surface area (Å²) in [7, 11) is 1.46. The molecule has 0 aliphatic heterocycles. The lowest BCUT2D eigenvalue weighted by Gasteiger charge is -2.14. The number of aliphatic carboxylic acids is 1. The van der Waals surface area contributed by atoms with E-state index >= 15 is 0 Å². The number of nitrogens with zero attached hydrogens (tertiary/aromatic N) is 2. The average Bonchev–Trinajstić information content (AvgIpc) is 3.10. The summed E-state index contributed by atoms with van der Waals surface area (Å²) in [6, 6.07) is 14.7. The SMILES string of the molecule is COc1cc(/C=C(/C#N)c2nc3ccccc3[nH]2)ccc1O[C@@H](C)C(=O)O. The van der Waals surface area contributed by atoms with Crippen molar-refractivity contribution in [3.8, 4) is 17.6 Å². The fraction of sp³-hybridized carbons (Fsp3) is 0.150. The largest absolute Gasteiger partial charge is 0.493 e. The molecule has 0 aliphatic carbocycles. The van der Waals surface area contributed by atoms with E-state index in [1.807, 2.05) is 24.3 Å². The van der Waals surface area contributed by atoms with Gasteiger partial charge in [-0.2, -0.15) is 5.26 Å². The van der Waals surface area contributed by atoms with Crippen LogP contribution in [0.15, 0.2) is 42.5 Å².